The van der Waals surface area contributed by atoms with E-state index in [1.165, 1.54) is 0 Å². The van der Waals surface area contributed by atoms with Crippen LogP contribution in [-0.2, 0) is 14.8 Å². The first-order valence-corrected chi connectivity index (χ1v) is 9.46. The summed E-state index contributed by atoms with van der Waals surface area (Å²) in [6, 6.07) is 6.29. The highest BCUT2D eigenvalue weighted by atomic mass is 32.2. The van der Waals surface area contributed by atoms with Gasteiger partial charge in [-0.15, -0.1) is 0 Å². The van der Waals surface area contributed by atoms with Gasteiger partial charge >= 0.3 is 0 Å². The number of aryl methyl sites for hydroxylation is 1. The van der Waals surface area contributed by atoms with Gasteiger partial charge in [0, 0.05) is 6.54 Å². The highest BCUT2D eigenvalue weighted by Gasteiger charge is 2.28. The van der Waals surface area contributed by atoms with E-state index >= 15 is 0 Å². The number of hydrogen-bond acceptors (Lipinski definition) is 4. The Hall–Kier alpha value is -1.60. The van der Waals surface area contributed by atoms with E-state index in [0.717, 1.165) is 29.1 Å². The minimum Gasteiger partial charge on any atom is -0.354 e. The lowest BCUT2D eigenvalue weighted by Crippen LogP contribution is -2.48. The van der Waals surface area contributed by atoms with E-state index in [-0.39, 0.29) is 5.91 Å². The summed E-state index contributed by atoms with van der Waals surface area (Å²) < 4.78 is 25.4. The minimum absolute atomic E-state index is 0.297. The molecule has 0 aliphatic rings. The molecular weight excluding hydrogens is 314 g/mol. The average molecular weight is 341 g/mol. The summed E-state index contributed by atoms with van der Waals surface area (Å²) >= 11 is 0. The molecule has 0 aromatic heterocycles. The van der Waals surface area contributed by atoms with Crippen molar-refractivity contribution in [3.63, 3.8) is 0 Å². The summed E-state index contributed by atoms with van der Waals surface area (Å²) in [4.78, 5) is 14.3. The normalized spacial score (nSPS) is 13.0. The Bertz CT molecular complexity index is 612. The van der Waals surface area contributed by atoms with Gasteiger partial charge in [0.15, 0.2) is 0 Å². The highest BCUT2D eigenvalue weighted by Crippen LogP contribution is 2.21. The van der Waals surface area contributed by atoms with Crippen LogP contribution in [0.3, 0.4) is 0 Å². The molecule has 7 heteroatoms. The zero-order chi connectivity index (χ0) is 17.6. The van der Waals surface area contributed by atoms with Crippen molar-refractivity contribution in [2.24, 2.45) is 0 Å². The molecule has 6 nitrogen and oxygen atoms in total. The first-order valence-electron chi connectivity index (χ1n) is 7.61. The molecule has 0 heterocycles. The van der Waals surface area contributed by atoms with Crippen LogP contribution < -0.4 is 9.62 Å². The summed E-state index contributed by atoms with van der Waals surface area (Å²) in [5, 5.41) is 2.80. The number of anilines is 1. The van der Waals surface area contributed by atoms with E-state index in [1.54, 1.807) is 19.1 Å². The number of rotatable bonds is 8. The summed E-state index contributed by atoms with van der Waals surface area (Å²) in [5.74, 6) is -0.297. The molecule has 1 rings (SSSR count). The topological polar surface area (TPSA) is 69.7 Å². The van der Waals surface area contributed by atoms with Crippen LogP contribution in [0.5, 0.6) is 0 Å². The number of nitrogens with zero attached hydrogens (tertiary/aromatic N) is 2. The van der Waals surface area contributed by atoms with Gasteiger partial charge in [0.1, 0.15) is 6.04 Å². The van der Waals surface area contributed by atoms with Crippen molar-refractivity contribution in [2.45, 2.75) is 26.3 Å². The molecule has 0 saturated heterocycles. The molecule has 0 aliphatic heterocycles. The number of amides is 1. The van der Waals surface area contributed by atoms with E-state index in [1.807, 2.05) is 38.1 Å². The van der Waals surface area contributed by atoms with Gasteiger partial charge in [-0.2, -0.15) is 0 Å². The Morgan fingerprint density at radius 1 is 1.22 bits per heavy atom. The van der Waals surface area contributed by atoms with E-state index in [0.29, 0.717) is 12.2 Å². The molecule has 1 amide bonds. The Labute approximate surface area is 139 Å². The Kier molecular flexibility index (Phi) is 7.02. The van der Waals surface area contributed by atoms with Crippen molar-refractivity contribution in [1.29, 1.82) is 0 Å². The third kappa shape index (κ3) is 6.19. The number of carbonyl (C=O) groups excluding carboxylic acids is 1. The summed E-state index contributed by atoms with van der Waals surface area (Å²) in [7, 11) is 0.376. The fourth-order valence-electron chi connectivity index (χ4n) is 2.26. The van der Waals surface area contributed by atoms with Crippen LogP contribution in [0.1, 0.15) is 18.9 Å². The van der Waals surface area contributed by atoms with Gasteiger partial charge in [-0.1, -0.05) is 17.7 Å². The SMILES string of the molecule is Cc1ccc(N([C@@H](C)C(=O)NCCCN(C)C)S(C)(=O)=O)cc1. The maximum absolute atomic E-state index is 12.3. The van der Waals surface area contributed by atoms with Gasteiger partial charge < -0.3 is 10.2 Å². The predicted molar refractivity (Wildman–Crippen MR) is 94.1 cm³/mol. The van der Waals surface area contributed by atoms with E-state index in [4.69, 9.17) is 0 Å². The van der Waals surface area contributed by atoms with Gasteiger partial charge in [-0.05, 0) is 53.0 Å². The van der Waals surface area contributed by atoms with Crippen LogP contribution in [0.2, 0.25) is 0 Å². The first-order chi connectivity index (χ1) is 10.6. The lowest BCUT2D eigenvalue weighted by Gasteiger charge is -2.28. The number of benzene rings is 1. The summed E-state index contributed by atoms with van der Waals surface area (Å²) in [6.07, 6.45) is 1.93. The van der Waals surface area contributed by atoms with Crippen LogP contribution in [0, 0.1) is 6.92 Å². The third-order valence-electron chi connectivity index (χ3n) is 3.46. The Morgan fingerprint density at radius 3 is 2.26 bits per heavy atom. The number of hydrogen-bond donors (Lipinski definition) is 1. The van der Waals surface area contributed by atoms with Crippen LogP contribution >= 0.6 is 0 Å². The van der Waals surface area contributed by atoms with Crippen LogP contribution in [-0.4, -0.2) is 58.7 Å². The zero-order valence-electron chi connectivity index (χ0n) is 14.5. The fourth-order valence-corrected chi connectivity index (χ4v) is 3.43. The second-order valence-electron chi connectivity index (χ2n) is 6.02. The second kappa shape index (κ2) is 8.31. The molecular formula is C16H27N3O3S. The smallest absolute Gasteiger partial charge is 0.243 e. The molecule has 0 spiro atoms. The molecule has 0 radical (unpaired) electrons. The highest BCUT2D eigenvalue weighted by molar-refractivity contribution is 7.92. The first kappa shape index (κ1) is 19.4. The monoisotopic (exact) mass is 341 g/mol. The molecule has 23 heavy (non-hydrogen) atoms. The molecule has 0 aliphatic carbocycles. The predicted octanol–water partition coefficient (Wildman–Crippen LogP) is 1.22. The third-order valence-corrected chi connectivity index (χ3v) is 4.70. The summed E-state index contributed by atoms with van der Waals surface area (Å²) in [6.45, 7) is 4.91. The quantitative estimate of drug-likeness (QED) is 0.722. The van der Waals surface area contributed by atoms with E-state index in [2.05, 4.69) is 5.32 Å². The van der Waals surface area contributed by atoms with Gasteiger partial charge in [0.05, 0.1) is 11.9 Å². The van der Waals surface area contributed by atoms with Gasteiger partial charge in [-0.25, -0.2) is 8.42 Å². The van der Waals surface area contributed by atoms with Crippen molar-refractivity contribution in [2.75, 3.05) is 37.7 Å². The molecule has 1 N–H and O–H groups in total. The zero-order valence-corrected chi connectivity index (χ0v) is 15.4. The van der Waals surface area contributed by atoms with Gasteiger partial charge in [0.2, 0.25) is 15.9 Å². The second-order valence-corrected chi connectivity index (χ2v) is 7.88. The van der Waals surface area contributed by atoms with Crippen molar-refractivity contribution < 1.29 is 13.2 Å². The van der Waals surface area contributed by atoms with Crippen molar-refractivity contribution in [3.05, 3.63) is 29.8 Å². The van der Waals surface area contributed by atoms with Crippen molar-refractivity contribution in [1.82, 2.24) is 10.2 Å². The molecule has 1 aromatic carbocycles. The Morgan fingerprint density at radius 2 is 1.78 bits per heavy atom. The molecule has 130 valence electrons. The van der Waals surface area contributed by atoms with Crippen LogP contribution in [0.25, 0.3) is 0 Å². The molecule has 0 bridgehead atoms. The number of nitrogens with one attached hydrogen (secondary N) is 1. The molecule has 0 unspecified atom stereocenters. The molecule has 1 aromatic rings. The van der Waals surface area contributed by atoms with Crippen LogP contribution in [0.15, 0.2) is 24.3 Å². The van der Waals surface area contributed by atoms with E-state index < -0.39 is 16.1 Å². The van der Waals surface area contributed by atoms with Crippen molar-refractivity contribution in [3.8, 4) is 0 Å². The maximum atomic E-state index is 12.3. The molecule has 0 fully saturated rings. The van der Waals surface area contributed by atoms with Gasteiger partial charge in [-0.3, -0.25) is 9.10 Å². The largest absolute Gasteiger partial charge is 0.354 e. The lowest BCUT2D eigenvalue weighted by atomic mass is 10.2. The average Bonchev–Trinajstić information content (AvgIpc) is 2.44. The lowest BCUT2D eigenvalue weighted by molar-refractivity contribution is -0.121. The molecule has 0 saturated carbocycles. The van der Waals surface area contributed by atoms with Crippen molar-refractivity contribution >= 4 is 21.6 Å². The van der Waals surface area contributed by atoms with Gasteiger partial charge in [0.25, 0.3) is 0 Å². The van der Waals surface area contributed by atoms with E-state index in [9.17, 15) is 13.2 Å². The molecule has 1 atom stereocenters. The summed E-state index contributed by atoms with van der Waals surface area (Å²) in [5.41, 5.74) is 1.53. The Balaban J connectivity index is 2.83. The minimum atomic E-state index is -3.55. The number of sulfonamides is 1. The van der Waals surface area contributed by atoms with Crippen LogP contribution in [0.4, 0.5) is 5.69 Å². The number of carbonyl (C=O) groups is 1. The fraction of sp³-hybridized carbons (Fsp3) is 0.562. The standard InChI is InChI=1S/C16H27N3O3S/c1-13-7-9-15(10-8-13)19(23(5,21)22)14(2)16(20)17-11-6-12-18(3)4/h7-10,14H,6,11-12H2,1-5H3,(H,17,20)/t14-/m0/s1. The maximum Gasteiger partial charge on any atom is 0.243 e.